The molecule has 3 rings (SSSR count). The lowest BCUT2D eigenvalue weighted by atomic mass is 9.84. The topological polar surface area (TPSA) is 59.2 Å². The minimum absolute atomic E-state index is 0.187. The van der Waals surface area contributed by atoms with Gasteiger partial charge < -0.3 is 9.63 Å². The minimum Gasteiger partial charge on any atom is -0.393 e. The third-order valence-electron chi connectivity index (χ3n) is 3.95. The molecule has 0 saturated heterocycles. The molecular formula is C15H16BrFN2O2. The molecule has 4 nitrogen and oxygen atoms in total. The summed E-state index contributed by atoms with van der Waals surface area (Å²) in [5.74, 6) is 0.826. The van der Waals surface area contributed by atoms with Gasteiger partial charge in [0.05, 0.1) is 10.6 Å². The van der Waals surface area contributed by atoms with Gasteiger partial charge in [0, 0.05) is 12.0 Å². The van der Waals surface area contributed by atoms with Crippen LogP contribution in [0.2, 0.25) is 0 Å². The number of aliphatic hydroxyl groups is 1. The van der Waals surface area contributed by atoms with Gasteiger partial charge in [-0.1, -0.05) is 18.0 Å². The molecule has 1 saturated carbocycles. The molecule has 112 valence electrons. The van der Waals surface area contributed by atoms with Gasteiger partial charge in [-0.05, 0) is 52.9 Å². The van der Waals surface area contributed by atoms with E-state index in [0.717, 1.165) is 25.7 Å². The largest absolute Gasteiger partial charge is 0.393 e. The molecular weight excluding hydrogens is 339 g/mol. The first kappa shape index (κ1) is 14.7. The lowest BCUT2D eigenvalue weighted by Crippen LogP contribution is -2.26. The van der Waals surface area contributed by atoms with E-state index in [9.17, 15) is 9.50 Å². The maximum atomic E-state index is 13.2. The van der Waals surface area contributed by atoms with E-state index in [-0.39, 0.29) is 17.8 Å². The van der Waals surface area contributed by atoms with Gasteiger partial charge >= 0.3 is 0 Å². The first-order valence-electron chi connectivity index (χ1n) is 7.09. The van der Waals surface area contributed by atoms with Gasteiger partial charge in [-0.25, -0.2) is 4.39 Å². The van der Waals surface area contributed by atoms with Crippen LogP contribution in [-0.4, -0.2) is 21.4 Å². The molecule has 0 radical (unpaired) electrons. The van der Waals surface area contributed by atoms with Crippen LogP contribution in [0.3, 0.4) is 0 Å². The van der Waals surface area contributed by atoms with Crippen molar-refractivity contribution in [1.82, 2.24) is 10.1 Å². The fourth-order valence-electron chi connectivity index (χ4n) is 2.74. The van der Waals surface area contributed by atoms with Crippen LogP contribution in [0.5, 0.6) is 0 Å². The molecule has 2 atom stereocenters. The normalized spacial score (nSPS) is 22.4. The van der Waals surface area contributed by atoms with E-state index in [0.29, 0.717) is 28.2 Å². The second kappa shape index (κ2) is 6.23. The number of benzene rings is 1. The molecule has 1 N–H and O–H groups in total. The highest BCUT2D eigenvalue weighted by molar-refractivity contribution is 9.10. The molecule has 1 aliphatic rings. The number of hydrogen-bond acceptors (Lipinski definition) is 4. The zero-order valence-corrected chi connectivity index (χ0v) is 13.0. The lowest BCUT2D eigenvalue weighted by Gasteiger charge is -2.26. The number of aromatic nitrogens is 2. The second-order valence-corrected chi connectivity index (χ2v) is 6.31. The molecule has 0 bridgehead atoms. The molecule has 1 aliphatic carbocycles. The Bertz CT molecular complexity index is 632. The van der Waals surface area contributed by atoms with Crippen LogP contribution in [0.25, 0.3) is 11.4 Å². The quantitative estimate of drug-likeness (QED) is 0.912. The molecule has 6 heteroatoms. The summed E-state index contributed by atoms with van der Waals surface area (Å²) < 4.78 is 18.9. The third-order valence-corrected chi connectivity index (χ3v) is 4.56. The molecule has 0 amide bonds. The molecule has 21 heavy (non-hydrogen) atoms. The maximum absolute atomic E-state index is 13.2. The predicted octanol–water partition coefficient (Wildman–Crippen LogP) is 3.73. The van der Waals surface area contributed by atoms with E-state index < -0.39 is 0 Å². The fraction of sp³-hybridized carbons (Fsp3) is 0.467. The SMILES string of the molecule is OC1CCCCC1Cc1nc(-c2ccc(F)c(Br)c2)no1. The average molecular weight is 355 g/mol. The van der Waals surface area contributed by atoms with Gasteiger partial charge in [-0.2, -0.15) is 4.98 Å². The highest BCUT2D eigenvalue weighted by Gasteiger charge is 2.25. The zero-order chi connectivity index (χ0) is 14.8. The van der Waals surface area contributed by atoms with Crippen molar-refractivity contribution in [2.75, 3.05) is 0 Å². The Morgan fingerprint density at radius 2 is 2.14 bits per heavy atom. The van der Waals surface area contributed by atoms with Gasteiger partial charge in [0.25, 0.3) is 0 Å². The molecule has 2 aromatic rings. The summed E-state index contributed by atoms with van der Waals surface area (Å²) in [6.45, 7) is 0. The molecule has 1 aromatic carbocycles. The Morgan fingerprint density at radius 1 is 1.33 bits per heavy atom. The summed E-state index contributed by atoms with van der Waals surface area (Å²) in [6, 6.07) is 4.60. The number of halogens is 2. The van der Waals surface area contributed by atoms with Crippen molar-refractivity contribution in [3.05, 3.63) is 34.4 Å². The standard InChI is InChI=1S/C15H16BrFN2O2/c16-11-7-10(5-6-12(11)17)15-18-14(21-19-15)8-9-3-1-2-4-13(9)20/h5-7,9,13,20H,1-4,8H2. The van der Waals surface area contributed by atoms with Gasteiger partial charge in [-0.15, -0.1) is 0 Å². The van der Waals surface area contributed by atoms with E-state index in [1.165, 1.54) is 6.07 Å². The zero-order valence-electron chi connectivity index (χ0n) is 11.4. The van der Waals surface area contributed by atoms with Crippen LogP contribution < -0.4 is 0 Å². The molecule has 0 spiro atoms. The Morgan fingerprint density at radius 3 is 2.90 bits per heavy atom. The van der Waals surface area contributed by atoms with E-state index in [1.807, 2.05) is 0 Å². The highest BCUT2D eigenvalue weighted by atomic mass is 79.9. The summed E-state index contributed by atoms with van der Waals surface area (Å²) in [7, 11) is 0. The molecule has 1 heterocycles. The van der Waals surface area contributed by atoms with E-state index in [2.05, 4.69) is 26.1 Å². The Hall–Kier alpha value is -1.27. The number of hydrogen-bond donors (Lipinski definition) is 1. The second-order valence-electron chi connectivity index (χ2n) is 5.46. The highest BCUT2D eigenvalue weighted by Crippen LogP contribution is 2.28. The lowest BCUT2D eigenvalue weighted by molar-refractivity contribution is 0.0657. The molecule has 2 unspecified atom stereocenters. The first-order chi connectivity index (χ1) is 10.1. The van der Waals surface area contributed by atoms with Crippen molar-refractivity contribution in [3.63, 3.8) is 0 Å². The number of aliphatic hydroxyl groups excluding tert-OH is 1. The first-order valence-corrected chi connectivity index (χ1v) is 7.89. The van der Waals surface area contributed by atoms with E-state index in [1.54, 1.807) is 12.1 Å². The number of rotatable bonds is 3. The fourth-order valence-corrected chi connectivity index (χ4v) is 3.12. The minimum atomic E-state index is -0.326. The molecule has 0 aliphatic heterocycles. The van der Waals surface area contributed by atoms with Crippen LogP contribution in [0, 0.1) is 11.7 Å². The van der Waals surface area contributed by atoms with Crippen molar-refractivity contribution in [2.24, 2.45) is 5.92 Å². The van der Waals surface area contributed by atoms with Crippen molar-refractivity contribution in [3.8, 4) is 11.4 Å². The van der Waals surface area contributed by atoms with Crippen molar-refractivity contribution in [1.29, 1.82) is 0 Å². The van der Waals surface area contributed by atoms with Gasteiger partial charge in [0.2, 0.25) is 11.7 Å². The van der Waals surface area contributed by atoms with Gasteiger partial charge in [0.15, 0.2) is 0 Å². The summed E-state index contributed by atoms with van der Waals surface area (Å²) in [5, 5.41) is 13.9. The maximum Gasteiger partial charge on any atom is 0.227 e. The van der Waals surface area contributed by atoms with Gasteiger partial charge in [-0.3, -0.25) is 0 Å². The Labute approximate surface area is 130 Å². The molecule has 1 fully saturated rings. The van der Waals surface area contributed by atoms with Crippen molar-refractivity contribution >= 4 is 15.9 Å². The Kier molecular flexibility index (Phi) is 4.35. The van der Waals surface area contributed by atoms with Crippen molar-refractivity contribution < 1.29 is 14.0 Å². The van der Waals surface area contributed by atoms with Crippen LogP contribution in [0.15, 0.2) is 27.2 Å². The average Bonchev–Trinajstić information content (AvgIpc) is 2.93. The molecule has 1 aromatic heterocycles. The van der Waals surface area contributed by atoms with Crippen LogP contribution in [0.4, 0.5) is 4.39 Å². The van der Waals surface area contributed by atoms with Crippen LogP contribution in [-0.2, 0) is 6.42 Å². The van der Waals surface area contributed by atoms with E-state index in [4.69, 9.17) is 4.52 Å². The summed E-state index contributed by atoms with van der Waals surface area (Å²) >= 11 is 3.14. The van der Waals surface area contributed by atoms with Crippen molar-refractivity contribution in [2.45, 2.75) is 38.2 Å². The van der Waals surface area contributed by atoms with Crippen LogP contribution >= 0.6 is 15.9 Å². The third kappa shape index (κ3) is 3.32. The monoisotopic (exact) mass is 354 g/mol. The van der Waals surface area contributed by atoms with Crippen LogP contribution in [0.1, 0.15) is 31.6 Å². The van der Waals surface area contributed by atoms with Gasteiger partial charge in [0.1, 0.15) is 5.82 Å². The predicted molar refractivity (Wildman–Crippen MR) is 79.1 cm³/mol. The summed E-state index contributed by atoms with van der Waals surface area (Å²) in [5.41, 5.74) is 0.697. The smallest absolute Gasteiger partial charge is 0.227 e. The van der Waals surface area contributed by atoms with E-state index >= 15 is 0 Å². The Balaban J connectivity index is 1.75. The summed E-state index contributed by atoms with van der Waals surface area (Å²) in [4.78, 5) is 4.35. The number of nitrogens with zero attached hydrogens (tertiary/aromatic N) is 2. The summed E-state index contributed by atoms with van der Waals surface area (Å²) in [6.07, 6.45) is 4.35.